The topological polar surface area (TPSA) is 48.9 Å². The van der Waals surface area contributed by atoms with Gasteiger partial charge < -0.3 is 15.4 Å². The van der Waals surface area contributed by atoms with Gasteiger partial charge >= 0.3 is 0 Å². The molecular formula is C14H22N4OS. The first-order valence-corrected chi connectivity index (χ1v) is 8.19. The first-order valence-electron chi connectivity index (χ1n) is 7.31. The van der Waals surface area contributed by atoms with Gasteiger partial charge in [-0.2, -0.15) is 0 Å². The Labute approximate surface area is 124 Å². The second-order valence-corrected chi connectivity index (χ2v) is 6.05. The molecule has 2 aliphatic heterocycles. The molecule has 0 spiro atoms. The number of hydrogen-bond donors (Lipinski definition) is 2. The molecule has 3 heterocycles. The van der Waals surface area contributed by atoms with E-state index in [1.165, 1.54) is 4.88 Å². The van der Waals surface area contributed by atoms with Crippen LogP contribution in [0.15, 0.2) is 22.5 Å². The van der Waals surface area contributed by atoms with E-state index in [2.05, 4.69) is 38.0 Å². The Morgan fingerprint density at radius 1 is 1.45 bits per heavy atom. The van der Waals surface area contributed by atoms with E-state index in [1.54, 1.807) is 0 Å². The minimum Gasteiger partial charge on any atom is -0.379 e. The summed E-state index contributed by atoms with van der Waals surface area (Å²) in [6, 6.07) is 4.76. The molecule has 0 radical (unpaired) electrons. The molecule has 1 saturated heterocycles. The smallest absolute Gasteiger partial charge is 0.191 e. The molecule has 0 bridgehead atoms. The van der Waals surface area contributed by atoms with E-state index >= 15 is 0 Å². The Morgan fingerprint density at radius 2 is 2.35 bits per heavy atom. The molecule has 2 N–H and O–H groups in total. The van der Waals surface area contributed by atoms with Crippen LogP contribution in [0.3, 0.4) is 0 Å². The lowest BCUT2D eigenvalue weighted by atomic mass is 10.2. The number of nitrogens with one attached hydrogen (secondary N) is 2. The normalized spacial score (nSPS) is 21.9. The van der Waals surface area contributed by atoms with Crippen LogP contribution >= 0.6 is 11.3 Å². The zero-order valence-electron chi connectivity index (χ0n) is 11.7. The lowest BCUT2D eigenvalue weighted by Gasteiger charge is -2.34. The molecule has 0 amide bonds. The summed E-state index contributed by atoms with van der Waals surface area (Å²) in [5, 5.41) is 8.94. The maximum atomic E-state index is 5.47. The lowest BCUT2D eigenvalue weighted by molar-refractivity contribution is 0.0177. The van der Waals surface area contributed by atoms with Crippen molar-refractivity contribution < 1.29 is 4.74 Å². The molecule has 1 aromatic heterocycles. The standard InChI is InChI=1S/C14H22N4OS/c1-3-13(20-10-1)12(18-6-8-19-9-7-18)11-17-14-15-4-2-5-16-14/h1,3,10,12H,2,4-9,11H2,(H2,15,16,17). The first-order chi connectivity index (χ1) is 9.93. The Kier molecular flexibility index (Phi) is 4.89. The van der Waals surface area contributed by atoms with Crippen LogP contribution in [0, 0.1) is 0 Å². The second-order valence-electron chi connectivity index (χ2n) is 5.07. The summed E-state index contributed by atoms with van der Waals surface area (Å²) in [6.07, 6.45) is 1.13. The maximum absolute atomic E-state index is 5.47. The Balaban J connectivity index is 1.64. The van der Waals surface area contributed by atoms with Crippen LogP contribution in [0.25, 0.3) is 0 Å². The minimum absolute atomic E-state index is 0.408. The number of morpholine rings is 1. The molecule has 1 atom stereocenters. The fourth-order valence-corrected chi connectivity index (χ4v) is 3.48. The second kappa shape index (κ2) is 7.06. The van der Waals surface area contributed by atoms with E-state index in [0.717, 1.165) is 58.3 Å². The summed E-state index contributed by atoms with van der Waals surface area (Å²) in [7, 11) is 0. The molecule has 1 unspecified atom stereocenters. The van der Waals surface area contributed by atoms with E-state index in [4.69, 9.17) is 4.74 Å². The summed E-state index contributed by atoms with van der Waals surface area (Å²) in [4.78, 5) is 8.40. The third-order valence-electron chi connectivity index (χ3n) is 3.72. The van der Waals surface area contributed by atoms with Gasteiger partial charge in [-0.05, 0) is 17.9 Å². The number of aliphatic imine (C=N–C) groups is 1. The Hall–Kier alpha value is -1.11. The van der Waals surface area contributed by atoms with Gasteiger partial charge in [-0.1, -0.05) is 6.07 Å². The predicted octanol–water partition coefficient (Wildman–Crippen LogP) is 1.06. The number of hydrogen-bond acceptors (Lipinski definition) is 6. The predicted molar refractivity (Wildman–Crippen MR) is 82.4 cm³/mol. The number of thiophene rings is 1. The van der Waals surface area contributed by atoms with Gasteiger partial charge in [0.2, 0.25) is 0 Å². The fraction of sp³-hybridized carbons (Fsp3) is 0.643. The minimum atomic E-state index is 0.408. The molecule has 0 saturated carbocycles. The molecule has 1 aromatic rings. The molecule has 0 aromatic carbocycles. The van der Waals surface area contributed by atoms with Crippen LogP contribution in [-0.2, 0) is 4.74 Å². The van der Waals surface area contributed by atoms with E-state index in [9.17, 15) is 0 Å². The van der Waals surface area contributed by atoms with Crippen molar-refractivity contribution in [2.24, 2.45) is 4.99 Å². The highest BCUT2D eigenvalue weighted by Gasteiger charge is 2.23. The number of nitrogens with zero attached hydrogens (tertiary/aromatic N) is 2. The van der Waals surface area contributed by atoms with Gasteiger partial charge in [0.05, 0.1) is 19.3 Å². The molecule has 110 valence electrons. The summed E-state index contributed by atoms with van der Waals surface area (Å²) in [5.74, 6) is 0.950. The number of guanidine groups is 1. The Morgan fingerprint density at radius 3 is 3.05 bits per heavy atom. The summed E-state index contributed by atoms with van der Waals surface area (Å²) in [5.41, 5.74) is 0. The average Bonchev–Trinajstić information content (AvgIpc) is 3.04. The van der Waals surface area contributed by atoms with Gasteiger partial charge in [0.25, 0.3) is 0 Å². The van der Waals surface area contributed by atoms with E-state index < -0.39 is 0 Å². The quantitative estimate of drug-likeness (QED) is 0.872. The van der Waals surface area contributed by atoms with Gasteiger partial charge in [-0.3, -0.25) is 9.89 Å². The third-order valence-corrected chi connectivity index (χ3v) is 4.69. The molecule has 1 fully saturated rings. The summed E-state index contributed by atoms with van der Waals surface area (Å²) < 4.78 is 5.47. The monoisotopic (exact) mass is 294 g/mol. The van der Waals surface area contributed by atoms with Crippen LogP contribution in [0.4, 0.5) is 0 Å². The van der Waals surface area contributed by atoms with Gasteiger partial charge in [0.1, 0.15) is 0 Å². The SMILES string of the molecule is c1csc(C(CNC2=NCCCN2)N2CCOCC2)c1. The molecular weight excluding hydrogens is 272 g/mol. The van der Waals surface area contributed by atoms with Crippen LogP contribution in [-0.4, -0.2) is 56.8 Å². The van der Waals surface area contributed by atoms with Gasteiger partial charge in [-0.25, -0.2) is 0 Å². The van der Waals surface area contributed by atoms with Gasteiger partial charge in [0.15, 0.2) is 5.96 Å². The highest BCUT2D eigenvalue weighted by Crippen LogP contribution is 2.25. The first kappa shape index (κ1) is 13.9. The fourth-order valence-electron chi connectivity index (χ4n) is 2.62. The summed E-state index contributed by atoms with van der Waals surface area (Å²) in [6.45, 7) is 6.52. The zero-order valence-corrected chi connectivity index (χ0v) is 12.5. The largest absolute Gasteiger partial charge is 0.379 e. The zero-order chi connectivity index (χ0) is 13.6. The number of rotatable bonds is 4. The summed E-state index contributed by atoms with van der Waals surface area (Å²) >= 11 is 1.83. The maximum Gasteiger partial charge on any atom is 0.191 e. The van der Waals surface area contributed by atoms with E-state index in [0.29, 0.717) is 6.04 Å². The van der Waals surface area contributed by atoms with Crippen molar-refractivity contribution >= 4 is 17.3 Å². The van der Waals surface area contributed by atoms with Crippen molar-refractivity contribution in [3.05, 3.63) is 22.4 Å². The van der Waals surface area contributed by atoms with Crippen LogP contribution in [0.1, 0.15) is 17.3 Å². The van der Waals surface area contributed by atoms with Crippen molar-refractivity contribution in [2.75, 3.05) is 45.9 Å². The van der Waals surface area contributed by atoms with Crippen LogP contribution < -0.4 is 10.6 Å². The van der Waals surface area contributed by atoms with E-state index in [-0.39, 0.29) is 0 Å². The van der Waals surface area contributed by atoms with Crippen LogP contribution in [0.2, 0.25) is 0 Å². The van der Waals surface area contributed by atoms with E-state index in [1.807, 2.05) is 11.3 Å². The van der Waals surface area contributed by atoms with Gasteiger partial charge in [-0.15, -0.1) is 11.3 Å². The highest BCUT2D eigenvalue weighted by molar-refractivity contribution is 7.10. The Bertz CT molecular complexity index is 428. The van der Waals surface area contributed by atoms with Crippen molar-refractivity contribution in [2.45, 2.75) is 12.5 Å². The van der Waals surface area contributed by atoms with Gasteiger partial charge in [0, 0.05) is 37.6 Å². The third kappa shape index (κ3) is 3.50. The van der Waals surface area contributed by atoms with Crippen molar-refractivity contribution in [1.82, 2.24) is 15.5 Å². The number of ether oxygens (including phenoxy) is 1. The van der Waals surface area contributed by atoms with Crippen molar-refractivity contribution in [1.29, 1.82) is 0 Å². The molecule has 0 aliphatic carbocycles. The van der Waals surface area contributed by atoms with Crippen molar-refractivity contribution in [3.63, 3.8) is 0 Å². The lowest BCUT2D eigenvalue weighted by Crippen LogP contribution is -2.47. The molecule has 5 nitrogen and oxygen atoms in total. The van der Waals surface area contributed by atoms with Crippen LogP contribution in [0.5, 0.6) is 0 Å². The molecule has 2 aliphatic rings. The molecule has 20 heavy (non-hydrogen) atoms. The highest BCUT2D eigenvalue weighted by atomic mass is 32.1. The average molecular weight is 294 g/mol. The van der Waals surface area contributed by atoms with Crippen molar-refractivity contribution in [3.8, 4) is 0 Å². The molecule has 3 rings (SSSR count). The molecule has 6 heteroatoms.